The molecule has 1 aromatic heterocycles. The van der Waals surface area contributed by atoms with Gasteiger partial charge in [0.25, 0.3) is 0 Å². The molecule has 0 aliphatic carbocycles. The Balaban J connectivity index is 1.48. The number of methoxy groups -OCH3 is 1. The molecule has 134 valence electrons. The van der Waals surface area contributed by atoms with Crippen molar-refractivity contribution in [2.75, 3.05) is 7.11 Å². The second-order valence-electron chi connectivity index (χ2n) is 5.98. The minimum Gasteiger partial charge on any atom is -0.496 e. The van der Waals surface area contributed by atoms with E-state index in [9.17, 15) is 4.79 Å². The van der Waals surface area contributed by atoms with Gasteiger partial charge in [-0.15, -0.1) is 11.3 Å². The molecule has 1 heterocycles. The second-order valence-corrected chi connectivity index (χ2v) is 6.93. The van der Waals surface area contributed by atoms with Crippen LogP contribution in [0.4, 0.5) is 0 Å². The maximum absolute atomic E-state index is 12.2. The molecule has 0 spiro atoms. The number of carbonyl (C=O) groups excluding carboxylic acids is 1. The van der Waals surface area contributed by atoms with Gasteiger partial charge in [-0.05, 0) is 18.1 Å². The molecule has 2 aromatic carbocycles. The lowest BCUT2D eigenvalue weighted by atomic mass is 10.1. The molecule has 1 amide bonds. The third kappa shape index (κ3) is 5.17. The maximum atomic E-state index is 12.2. The van der Waals surface area contributed by atoms with E-state index in [0.717, 1.165) is 34.9 Å². The van der Waals surface area contributed by atoms with Crippen LogP contribution in [0.25, 0.3) is 0 Å². The number of amides is 1. The Kier molecular flexibility index (Phi) is 6.39. The van der Waals surface area contributed by atoms with Gasteiger partial charge < -0.3 is 10.1 Å². The molecular formula is C21H22N2O2S. The highest BCUT2D eigenvalue weighted by molar-refractivity contribution is 7.09. The molecule has 0 atom stereocenters. The molecule has 0 aliphatic rings. The summed E-state index contributed by atoms with van der Waals surface area (Å²) < 4.78 is 5.30. The van der Waals surface area contributed by atoms with Crippen LogP contribution in [0.15, 0.2) is 60.0 Å². The van der Waals surface area contributed by atoms with Crippen molar-refractivity contribution in [1.29, 1.82) is 0 Å². The van der Waals surface area contributed by atoms with Crippen LogP contribution >= 0.6 is 11.3 Å². The number of nitrogens with zero attached hydrogens (tertiary/aromatic N) is 1. The van der Waals surface area contributed by atoms with Crippen LogP contribution in [0.2, 0.25) is 0 Å². The normalized spacial score (nSPS) is 10.5. The Morgan fingerprint density at radius 3 is 2.65 bits per heavy atom. The van der Waals surface area contributed by atoms with Gasteiger partial charge in [-0.1, -0.05) is 48.5 Å². The fraction of sp³-hybridized carbons (Fsp3) is 0.238. The molecule has 0 saturated heterocycles. The van der Waals surface area contributed by atoms with Gasteiger partial charge in [0.1, 0.15) is 5.75 Å². The van der Waals surface area contributed by atoms with Gasteiger partial charge in [-0.3, -0.25) is 4.79 Å². The van der Waals surface area contributed by atoms with Gasteiger partial charge in [-0.25, -0.2) is 4.98 Å². The average Bonchev–Trinajstić information content (AvgIpc) is 3.13. The van der Waals surface area contributed by atoms with E-state index in [2.05, 4.69) is 34.6 Å². The fourth-order valence-corrected chi connectivity index (χ4v) is 3.51. The zero-order chi connectivity index (χ0) is 18.2. The number of rotatable bonds is 8. The first-order valence-electron chi connectivity index (χ1n) is 8.60. The van der Waals surface area contributed by atoms with Crippen molar-refractivity contribution in [1.82, 2.24) is 10.3 Å². The van der Waals surface area contributed by atoms with Crippen molar-refractivity contribution in [3.05, 3.63) is 81.8 Å². The van der Waals surface area contributed by atoms with E-state index < -0.39 is 0 Å². The van der Waals surface area contributed by atoms with Crippen LogP contribution in [0.5, 0.6) is 5.75 Å². The SMILES string of the molecule is COc1ccccc1CNC(=O)Cc1csc(CCc2ccccc2)n1. The average molecular weight is 366 g/mol. The molecule has 0 unspecified atom stereocenters. The van der Waals surface area contributed by atoms with Crippen LogP contribution in [-0.4, -0.2) is 18.0 Å². The molecule has 26 heavy (non-hydrogen) atoms. The number of para-hydroxylation sites is 1. The fourth-order valence-electron chi connectivity index (χ4n) is 2.71. The third-order valence-corrected chi connectivity index (χ3v) is 5.04. The number of hydrogen-bond acceptors (Lipinski definition) is 4. The lowest BCUT2D eigenvalue weighted by Crippen LogP contribution is -2.24. The predicted molar refractivity (Wildman–Crippen MR) is 105 cm³/mol. The number of hydrogen-bond donors (Lipinski definition) is 1. The van der Waals surface area contributed by atoms with E-state index in [1.807, 2.05) is 35.7 Å². The summed E-state index contributed by atoms with van der Waals surface area (Å²) in [5.74, 6) is 0.750. The van der Waals surface area contributed by atoms with Crippen LogP contribution < -0.4 is 10.1 Å². The van der Waals surface area contributed by atoms with Crippen molar-refractivity contribution in [2.24, 2.45) is 0 Å². The monoisotopic (exact) mass is 366 g/mol. The van der Waals surface area contributed by atoms with Crippen molar-refractivity contribution < 1.29 is 9.53 Å². The summed E-state index contributed by atoms with van der Waals surface area (Å²) in [6.45, 7) is 0.452. The molecule has 3 aromatic rings. The van der Waals surface area contributed by atoms with Gasteiger partial charge in [0.15, 0.2) is 0 Å². The first kappa shape index (κ1) is 18.1. The van der Waals surface area contributed by atoms with Crippen molar-refractivity contribution in [3.63, 3.8) is 0 Å². The predicted octanol–water partition coefficient (Wildman–Crippen LogP) is 3.80. The largest absolute Gasteiger partial charge is 0.496 e. The van der Waals surface area contributed by atoms with Gasteiger partial charge in [0.05, 0.1) is 24.2 Å². The number of nitrogens with one attached hydrogen (secondary N) is 1. The van der Waals surface area contributed by atoms with E-state index in [0.29, 0.717) is 13.0 Å². The van der Waals surface area contributed by atoms with Crippen LogP contribution in [0.1, 0.15) is 21.8 Å². The van der Waals surface area contributed by atoms with Gasteiger partial charge in [0.2, 0.25) is 5.91 Å². The minimum atomic E-state index is -0.0317. The second kappa shape index (κ2) is 9.15. The summed E-state index contributed by atoms with van der Waals surface area (Å²) in [5.41, 5.74) is 3.10. The molecule has 0 saturated carbocycles. The highest BCUT2D eigenvalue weighted by Crippen LogP contribution is 2.17. The lowest BCUT2D eigenvalue weighted by Gasteiger charge is -2.09. The van der Waals surface area contributed by atoms with Crippen molar-refractivity contribution in [3.8, 4) is 5.75 Å². The number of aromatic nitrogens is 1. The van der Waals surface area contributed by atoms with E-state index in [4.69, 9.17) is 4.74 Å². The van der Waals surface area contributed by atoms with Crippen LogP contribution in [0.3, 0.4) is 0 Å². The Hall–Kier alpha value is -2.66. The number of ether oxygens (including phenoxy) is 1. The Labute approximate surface area is 157 Å². The molecular weight excluding hydrogens is 344 g/mol. The van der Waals surface area contributed by atoms with Gasteiger partial charge in [-0.2, -0.15) is 0 Å². The van der Waals surface area contributed by atoms with Gasteiger partial charge >= 0.3 is 0 Å². The summed E-state index contributed by atoms with van der Waals surface area (Å²) in [6, 6.07) is 18.1. The van der Waals surface area contributed by atoms with E-state index in [1.54, 1.807) is 18.4 Å². The van der Waals surface area contributed by atoms with E-state index >= 15 is 0 Å². The molecule has 0 radical (unpaired) electrons. The van der Waals surface area contributed by atoms with Gasteiger partial charge in [0, 0.05) is 23.9 Å². The first-order chi connectivity index (χ1) is 12.7. The highest BCUT2D eigenvalue weighted by Gasteiger charge is 2.09. The zero-order valence-corrected chi connectivity index (χ0v) is 15.6. The molecule has 3 rings (SSSR count). The molecule has 0 bridgehead atoms. The number of thiazole rings is 1. The Bertz CT molecular complexity index is 846. The summed E-state index contributed by atoms with van der Waals surface area (Å²) in [7, 11) is 1.63. The van der Waals surface area contributed by atoms with E-state index in [1.165, 1.54) is 5.56 Å². The lowest BCUT2D eigenvalue weighted by molar-refractivity contribution is -0.120. The molecule has 0 fully saturated rings. The van der Waals surface area contributed by atoms with Crippen molar-refractivity contribution in [2.45, 2.75) is 25.8 Å². The highest BCUT2D eigenvalue weighted by atomic mass is 32.1. The summed E-state index contributed by atoms with van der Waals surface area (Å²) in [4.78, 5) is 16.8. The standard InChI is InChI=1S/C21H22N2O2S/c1-25-19-10-6-5-9-17(19)14-22-20(24)13-18-15-26-21(23-18)12-11-16-7-3-2-4-8-16/h2-10,15H,11-14H2,1H3,(H,22,24). The quantitative estimate of drug-likeness (QED) is 0.660. The maximum Gasteiger partial charge on any atom is 0.226 e. The minimum absolute atomic E-state index is 0.0317. The summed E-state index contributed by atoms with van der Waals surface area (Å²) in [5, 5.41) is 5.98. The topological polar surface area (TPSA) is 51.2 Å². The zero-order valence-electron chi connectivity index (χ0n) is 14.8. The first-order valence-corrected chi connectivity index (χ1v) is 9.48. The van der Waals surface area contributed by atoms with E-state index in [-0.39, 0.29) is 5.91 Å². The third-order valence-electron chi connectivity index (χ3n) is 4.08. The summed E-state index contributed by atoms with van der Waals surface area (Å²) in [6.07, 6.45) is 2.17. The Morgan fingerprint density at radius 1 is 1.08 bits per heavy atom. The Morgan fingerprint density at radius 2 is 1.85 bits per heavy atom. The van der Waals surface area contributed by atoms with Crippen LogP contribution in [0, 0.1) is 0 Å². The van der Waals surface area contributed by atoms with Crippen molar-refractivity contribution >= 4 is 17.2 Å². The number of carbonyl (C=O) groups is 1. The van der Waals surface area contributed by atoms with Crippen LogP contribution in [-0.2, 0) is 30.6 Å². The molecule has 0 aliphatic heterocycles. The number of aryl methyl sites for hydroxylation is 2. The summed E-state index contributed by atoms with van der Waals surface area (Å²) >= 11 is 1.62. The molecule has 5 heteroatoms. The number of benzene rings is 2. The smallest absolute Gasteiger partial charge is 0.226 e. The molecule has 1 N–H and O–H groups in total. The molecule has 4 nitrogen and oxygen atoms in total.